The molecular formula is C15H21O. The van der Waals surface area contributed by atoms with Gasteiger partial charge in [0.25, 0.3) is 0 Å². The molecule has 0 amide bonds. The van der Waals surface area contributed by atoms with Gasteiger partial charge in [0.2, 0.25) is 0 Å². The maximum absolute atomic E-state index is 12.1. The minimum absolute atomic E-state index is 0.0817. The van der Waals surface area contributed by atoms with Gasteiger partial charge in [-0.3, -0.25) is 5.11 Å². The summed E-state index contributed by atoms with van der Waals surface area (Å²) in [5.74, 6) is 0.766. The predicted octanol–water partition coefficient (Wildman–Crippen LogP) is 4.79. The van der Waals surface area contributed by atoms with Crippen LogP contribution in [-0.4, -0.2) is 0 Å². The van der Waals surface area contributed by atoms with Crippen molar-refractivity contribution in [3.63, 3.8) is 0 Å². The molecular weight excluding hydrogens is 196 g/mol. The molecule has 0 aromatic heterocycles. The maximum atomic E-state index is 12.1. The van der Waals surface area contributed by atoms with Gasteiger partial charge < -0.3 is 0 Å². The predicted molar refractivity (Wildman–Crippen MR) is 66.5 cm³/mol. The van der Waals surface area contributed by atoms with Crippen LogP contribution in [0.3, 0.4) is 0 Å². The van der Waals surface area contributed by atoms with E-state index in [0.717, 1.165) is 5.56 Å². The summed E-state index contributed by atoms with van der Waals surface area (Å²) in [6, 6.07) is 5.76. The molecule has 0 bridgehead atoms. The first kappa shape index (κ1) is 11.5. The lowest BCUT2D eigenvalue weighted by Gasteiger charge is -2.25. The molecule has 0 spiro atoms. The van der Waals surface area contributed by atoms with Crippen LogP contribution in [0.1, 0.15) is 63.5 Å². The Bertz CT molecular complexity index is 368. The average molecular weight is 217 g/mol. The van der Waals surface area contributed by atoms with E-state index in [1.54, 1.807) is 6.07 Å². The Balaban J connectivity index is 2.48. The van der Waals surface area contributed by atoms with Crippen LogP contribution in [0.2, 0.25) is 0 Å². The Morgan fingerprint density at radius 2 is 1.75 bits per heavy atom. The van der Waals surface area contributed by atoms with Gasteiger partial charge in [-0.15, -0.1) is 0 Å². The van der Waals surface area contributed by atoms with Crippen molar-refractivity contribution in [2.24, 2.45) is 0 Å². The second-order valence-corrected chi connectivity index (χ2v) is 5.95. The number of benzene rings is 1. The van der Waals surface area contributed by atoms with E-state index < -0.39 is 0 Å². The van der Waals surface area contributed by atoms with Crippen molar-refractivity contribution in [3.05, 3.63) is 29.3 Å². The first-order chi connectivity index (χ1) is 7.50. The Morgan fingerprint density at radius 3 is 2.31 bits per heavy atom. The average Bonchev–Trinajstić information content (AvgIpc) is 2.68. The molecule has 0 heterocycles. The third-order valence-electron chi connectivity index (χ3n) is 3.64. The molecule has 1 saturated carbocycles. The van der Waals surface area contributed by atoms with Crippen molar-refractivity contribution >= 4 is 0 Å². The van der Waals surface area contributed by atoms with Gasteiger partial charge in [0.15, 0.2) is 5.75 Å². The summed E-state index contributed by atoms with van der Waals surface area (Å²) in [6.07, 6.45) is 4.95. The molecule has 1 aliphatic carbocycles. The van der Waals surface area contributed by atoms with Crippen LogP contribution in [0.25, 0.3) is 0 Å². The fraction of sp³-hybridized carbons (Fsp3) is 0.600. The summed E-state index contributed by atoms with van der Waals surface area (Å²) in [4.78, 5) is 0. The normalized spacial score (nSPS) is 17.9. The zero-order chi connectivity index (χ0) is 11.8. The Hall–Kier alpha value is -0.980. The molecule has 0 atom stereocenters. The first-order valence-corrected chi connectivity index (χ1v) is 6.30. The van der Waals surface area contributed by atoms with Crippen LogP contribution in [-0.2, 0) is 10.5 Å². The van der Waals surface area contributed by atoms with E-state index >= 15 is 0 Å². The molecule has 0 saturated heterocycles. The Morgan fingerprint density at radius 1 is 1.12 bits per heavy atom. The van der Waals surface area contributed by atoms with Crippen molar-refractivity contribution in [2.75, 3.05) is 0 Å². The third-order valence-corrected chi connectivity index (χ3v) is 3.64. The molecule has 1 nitrogen and oxygen atoms in total. The van der Waals surface area contributed by atoms with E-state index in [1.165, 1.54) is 31.2 Å². The highest BCUT2D eigenvalue weighted by molar-refractivity contribution is 5.45. The topological polar surface area (TPSA) is 19.9 Å². The quantitative estimate of drug-likeness (QED) is 0.645. The van der Waals surface area contributed by atoms with Crippen LogP contribution in [0.15, 0.2) is 18.2 Å². The molecule has 87 valence electrons. The molecule has 1 aromatic rings. The van der Waals surface area contributed by atoms with E-state index in [0.29, 0.717) is 5.92 Å². The molecule has 1 aromatic carbocycles. The monoisotopic (exact) mass is 217 g/mol. The number of rotatable bonds is 1. The molecule has 1 radical (unpaired) electrons. The zero-order valence-electron chi connectivity index (χ0n) is 10.5. The van der Waals surface area contributed by atoms with Crippen LogP contribution >= 0.6 is 0 Å². The lowest BCUT2D eigenvalue weighted by atomic mass is 9.79. The molecule has 0 unspecified atom stereocenters. The molecule has 2 rings (SSSR count). The summed E-state index contributed by atoms with van der Waals surface area (Å²) in [5.41, 5.74) is 2.44. The molecule has 16 heavy (non-hydrogen) atoms. The summed E-state index contributed by atoms with van der Waals surface area (Å²) < 4.78 is 0. The largest absolute Gasteiger partial charge is 0.290 e. The standard InChI is InChI=1S/C15H21O/c1-15(2,3)12-9-6-10-13(16)14(12)11-7-4-5-8-11/h6,9-11H,4-5,7-8H2,1-3H3. The summed E-state index contributed by atoms with van der Waals surface area (Å²) in [7, 11) is 0. The number of hydrogen-bond donors (Lipinski definition) is 0. The highest BCUT2D eigenvalue weighted by Gasteiger charge is 2.27. The van der Waals surface area contributed by atoms with E-state index in [9.17, 15) is 5.11 Å². The van der Waals surface area contributed by atoms with Crippen molar-refractivity contribution < 1.29 is 5.11 Å². The summed E-state index contributed by atoms with van der Waals surface area (Å²) >= 11 is 0. The highest BCUT2D eigenvalue weighted by atomic mass is 16.3. The molecule has 0 N–H and O–H groups in total. The second-order valence-electron chi connectivity index (χ2n) is 5.95. The van der Waals surface area contributed by atoms with E-state index in [4.69, 9.17) is 0 Å². The van der Waals surface area contributed by atoms with Gasteiger partial charge in [-0.25, -0.2) is 0 Å². The number of hydrogen-bond acceptors (Lipinski definition) is 0. The summed E-state index contributed by atoms with van der Waals surface area (Å²) in [5, 5.41) is 12.1. The van der Waals surface area contributed by atoms with Crippen molar-refractivity contribution in [3.8, 4) is 5.75 Å². The van der Waals surface area contributed by atoms with Gasteiger partial charge >= 0.3 is 0 Å². The van der Waals surface area contributed by atoms with Crippen LogP contribution in [0.4, 0.5) is 0 Å². The Kier molecular flexibility index (Phi) is 2.96. The van der Waals surface area contributed by atoms with E-state index in [2.05, 4.69) is 26.8 Å². The van der Waals surface area contributed by atoms with Gasteiger partial charge in [0.05, 0.1) is 0 Å². The first-order valence-electron chi connectivity index (χ1n) is 6.30. The van der Waals surface area contributed by atoms with Gasteiger partial charge in [-0.2, -0.15) is 0 Å². The van der Waals surface area contributed by atoms with E-state index in [1.807, 2.05) is 6.07 Å². The van der Waals surface area contributed by atoms with Crippen molar-refractivity contribution in [1.29, 1.82) is 0 Å². The third kappa shape index (κ3) is 2.09. The van der Waals surface area contributed by atoms with Crippen LogP contribution < -0.4 is 0 Å². The highest BCUT2D eigenvalue weighted by Crippen LogP contribution is 2.43. The molecule has 0 aliphatic heterocycles. The smallest absolute Gasteiger partial charge is 0.182 e. The van der Waals surface area contributed by atoms with Gasteiger partial charge in [-0.05, 0) is 35.8 Å². The van der Waals surface area contributed by atoms with Gasteiger partial charge in [-0.1, -0.05) is 45.7 Å². The van der Waals surface area contributed by atoms with Crippen LogP contribution in [0.5, 0.6) is 5.75 Å². The van der Waals surface area contributed by atoms with Crippen LogP contribution in [0, 0.1) is 0 Å². The molecule has 1 aliphatic rings. The lowest BCUT2D eigenvalue weighted by Crippen LogP contribution is -2.15. The van der Waals surface area contributed by atoms with Gasteiger partial charge in [0.1, 0.15) is 0 Å². The van der Waals surface area contributed by atoms with Crippen molar-refractivity contribution in [1.82, 2.24) is 0 Å². The SMILES string of the molecule is CC(C)(C)c1cccc([O])c1C1CCCC1. The molecule has 1 heteroatoms. The fourth-order valence-electron chi connectivity index (χ4n) is 2.83. The second kappa shape index (κ2) is 4.12. The maximum Gasteiger partial charge on any atom is 0.182 e. The lowest BCUT2D eigenvalue weighted by molar-refractivity contribution is 0.344. The summed E-state index contributed by atoms with van der Waals surface area (Å²) in [6.45, 7) is 6.58. The minimum atomic E-state index is 0.0817. The van der Waals surface area contributed by atoms with Crippen molar-refractivity contribution in [2.45, 2.75) is 57.8 Å². The zero-order valence-corrected chi connectivity index (χ0v) is 10.5. The minimum Gasteiger partial charge on any atom is -0.290 e. The molecule has 1 fully saturated rings. The van der Waals surface area contributed by atoms with E-state index in [-0.39, 0.29) is 11.2 Å². The fourth-order valence-corrected chi connectivity index (χ4v) is 2.83. The van der Waals surface area contributed by atoms with Gasteiger partial charge in [0, 0.05) is 5.56 Å². The Labute approximate surface area is 98.5 Å².